The Morgan fingerprint density at radius 3 is 2.71 bits per heavy atom. The third-order valence-corrected chi connectivity index (χ3v) is 2.93. The molecule has 0 fully saturated rings. The van der Waals surface area contributed by atoms with Crippen LogP contribution in [0, 0.1) is 17.5 Å². The smallest absolute Gasteiger partial charge is 0.225 e. The fraction of sp³-hybridized carbons (Fsp3) is 0.154. The Hall–Kier alpha value is -2.64. The third-order valence-electron chi connectivity index (χ3n) is 2.93. The van der Waals surface area contributed by atoms with Crippen LogP contribution in [-0.4, -0.2) is 26.7 Å². The molecule has 0 aliphatic heterocycles. The molecule has 3 rings (SSSR count). The van der Waals surface area contributed by atoms with Crippen LogP contribution < -0.4 is 5.32 Å². The van der Waals surface area contributed by atoms with Crippen LogP contribution in [0.4, 0.5) is 19.1 Å². The van der Waals surface area contributed by atoms with Gasteiger partial charge in [-0.05, 0) is 19.1 Å². The van der Waals surface area contributed by atoms with Gasteiger partial charge in [0.05, 0.1) is 17.3 Å². The number of hydrogen-bond donors (Lipinski definition) is 2. The van der Waals surface area contributed by atoms with Gasteiger partial charge < -0.3 is 5.32 Å². The molecule has 0 radical (unpaired) electrons. The monoisotopic (exact) mass is 293 g/mol. The van der Waals surface area contributed by atoms with Crippen molar-refractivity contribution in [1.82, 2.24) is 20.2 Å². The van der Waals surface area contributed by atoms with E-state index >= 15 is 0 Å². The van der Waals surface area contributed by atoms with Crippen molar-refractivity contribution in [2.24, 2.45) is 0 Å². The van der Waals surface area contributed by atoms with Gasteiger partial charge in [0, 0.05) is 12.1 Å². The van der Waals surface area contributed by atoms with Crippen LogP contribution in [0.15, 0.2) is 18.3 Å². The lowest BCUT2D eigenvalue weighted by atomic mass is 10.1. The van der Waals surface area contributed by atoms with E-state index < -0.39 is 17.5 Å². The molecule has 21 heavy (non-hydrogen) atoms. The van der Waals surface area contributed by atoms with Gasteiger partial charge in [-0.15, -0.1) is 0 Å². The summed E-state index contributed by atoms with van der Waals surface area (Å²) < 4.78 is 40.4. The van der Waals surface area contributed by atoms with Crippen molar-refractivity contribution in [2.75, 3.05) is 11.9 Å². The Bertz CT molecular complexity index is 815. The van der Waals surface area contributed by atoms with E-state index in [1.165, 1.54) is 6.20 Å². The van der Waals surface area contributed by atoms with E-state index in [0.29, 0.717) is 17.6 Å². The second-order valence-corrected chi connectivity index (χ2v) is 4.28. The molecule has 5 nitrogen and oxygen atoms in total. The average molecular weight is 293 g/mol. The van der Waals surface area contributed by atoms with Gasteiger partial charge in [-0.3, -0.25) is 5.10 Å². The van der Waals surface area contributed by atoms with E-state index in [0.717, 1.165) is 12.1 Å². The zero-order valence-corrected chi connectivity index (χ0v) is 10.9. The highest BCUT2D eigenvalue weighted by Gasteiger charge is 2.19. The maximum Gasteiger partial charge on any atom is 0.225 e. The molecular formula is C13H10F3N5. The molecule has 0 saturated carbocycles. The van der Waals surface area contributed by atoms with Crippen LogP contribution in [0.5, 0.6) is 0 Å². The predicted molar refractivity (Wildman–Crippen MR) is 71.2 cm³/mol. The summed E-state index contributed by atoms with van der Waals surface area (Å²) in [6.07, 6.45) is 1.40. The first-order valence-electron chi connectivity index (χ1n) is 6.20. The number of anilines is 1. The van der Waals surface area contributed by atoms with Crippen molar-refractivity contribution in [3.63, 3.8) is 0 Å². The zero-order chi connectivity index (χ0) is 15.0. The summed E-state index contributed by atoms with van der Waals surface area (Å²) in [5.41, 5.74) is 0.364. The molecule has 0 bridgehead atoms. The molecule has 0 atom stereocenters. The Morgan fingerprint density at radius 1 is 1.14 bits per heavy atom. The van der Waals surface area contributed by atoms with Crippen LogP contribution in [-0.2, 0) is 0 Å². The van der Waals surface area contributed by atoms with Crippen molar-refractivity contribution in [2.45, 2.75) is 6.92 Å². The Labute approximate surface area is 117 Å². The van der Waals surface area contributed by atoms with Gasteiger partial charge in [-0.25, -0.2) is 18.2 Å². The van der Waals surface area contributed by atoms with E-state index in [9.17, 15) is 13.2 Å². The number of halogens is 3. The summed E-state index contributed by atoms with van der Waals surface area (Å²) >= 11 is 0. The van der Waals surface area contributed by atoms with Gasteiger partial charge in [-0.2, -0.15) is 10.1 Å². The molecule has 108 valence electrons. The van der Waals surface area contributed by atoms with Gasteiger partial charge in [0.1, 0.15) is 0 Å². The molecule has 2 N–H and O–H groups in total. The quantitative estimate of drug-likeness (QED) is 0.729. The minimum Gasteiger partial charge on any atom is -0.354 e. The minimum absolute atomic E-state index is 0.140. The van der Waals surface area contributed by atoms with Gasteiger partial charge >= 0.3 is 0 Å². The molecule has 0 amide bonds. The largest absolute Gasteiger partial charge is 0.354 e. The van der Waals surface area contributed by atoms with Crippen LogP contribution >= 0.6 is 0 Å². The fourth-order valence-electron chi connectivity index (χ4n) is 1.99. The lowest BCUT2D eigenvalue weighted by molar-refractivity contribution is 0.449. The third kappa shape index (κ3) is 2.18. The SMILES string of the molecule is CCNc1nc(-c2ccc(F)c(F)c2F)c2cn[nH]c2n1. The first-order chi connectivity index (χ1) is 10.1. The molecule has 3 aromatic rings. The van der Waals surface area contributed by atoms with Crippen molar-refractivity contribution < 1.29 is 13.2 Å². The van der Waals surface area contributed by atoms with Gasteiger partial charge in [0.2, 0.25) is 5.95 Å². The summed E-state index contributed by atoms with van der Waals surface area (Å²) in [4.78, 5) is 8.30. The highest BCUT2D eigenvalue weighted by Crippen LogP contribution is 2.30. The number of aromatic nitrogens is 4. The molecule has 0 aliphatic carbocycles. The predicted octanol–water partition coefficient (Wildman–Crippen LogP) is 2.87. The van der Waals surface area contributed by atoms with Crippen molar-refractivity contribution in [1.29, 1.82) is 0 Å². The molecule has 2 aromatic heterocycles. The van der Waals surface area contributed by atoms with Crippen molar-refractivity contribution in [3.05, 3.63) is 35.8 Å². The number of fused-ring (bicyclic) bond motifs is 1. The normalized spacial score (nSPS) is 11.0. The van der Waals surface area contributed by atoms with E-state index in [1.807, 2.05) is 6.92 Å². The standard InChI is InChI=1S/C13H10F3N5/c1-2-17-13-19-11(7-5-18-21-12(7)20-13)6-3-4-8(14)10(16)9(6)15/h3-5H,2H2,1H3,(H2,17,18,19,20,21). The molecular weight excluding hydrogens is 283 g/mol. The molecule has 0 saturated heterocycles. The summed E-state index contributed by atoms with van der Waals surface area (Å²) in [7, 11) is 0. The van der Waals surface area contributed by atoms with Crippen LogP contribution in [0.25, 0.3) is 22.3 Å². The number of rotatable bonds is 3. The fourth-order valence-corrected chi connectivity index (χ4v) is 1.99. The van der Waals surface area contributed by atoms with Gasteiger partial charge in [0.15, 0.2) is 23.1 Å². The Balaban J connectivity index is 2.28. The molecule has 2 heterocycles. The topological polar surface area (TPSA) is 66.5 Å². The molecule has 1 aromatic carbocycles. The zero-order valence-electron chi connectivity index (χ0n) is 10.9. The summed E-state index contributed by atoms with van der Waals surface area (Å²) in [6.45, 7) is 2.40. The first-order valence-corrected chi connectivity index (χ1v) is 6.20. The van der Waals surface area contributed by atoms with Crippen LogP contribution in [0.1, 0.15) is 6.92 Å². The lowest BCUT2D eigenvalue weighted by Gasteiger charge is -2.08. The number of nitrogens with one attached hydrogen (secondary N) is 2. The lowest BCUT2D eigenvalue weighted by Crippen LogP contribution is -2.04. The number of aromatic amines is 1. The van der Waals surface area contributed by atoms with Gasteiger partial charge in [0.25, 0.3) is 0 Å². The second-order valence-electron chi connectivity index (χ2n) is 4.28. The van der Waals surface area contributed by atoms with Crippen LogP contribution in [0.2, 0.25) is 0 Å². The maximum atomic E-state index is 14.0. The molecule has 8 heteroatoms. The maximum absolute atomic E-state index is 14.0. The Morgan fingerprint density at radius 2 is 1.95 bits per heavy atom. The van der Waals surface area contributed by atoms with Crippen molar-refractivity contribution in [3.8, 4) is 11.3 Å². The van der Waals surface area contributed by atoms with Crippen molar-refractivity contribution >= 4 is 17.0 Å². The number of nitrogens with zero attached hydrogens (tertiary/aromatic N) is 3. The molecule has 0 unspecified atom stereocenters. The first kappa shape index (κ1) is 13.3. The summed E-state index contributed by atoms with van der Waals surface area (Å²) in [5, 5.41) is 9.76. The van der Waals surface area contributed by atoms with E-state index in [4.69, 9.17) is 0 Å². The van der Waals surface area contributed by atoms with Gasteiger partial charge in [-0.1, -0.05) is 0 Å². The molecule has 0 spiro atoms. The van der Waals surface area contributed by atoms with E-state index in [2.05, 4.69) is 25.5 Å². The van der Waals surface area contributed by atoms with Crippen LogP contribution in [0.3, 0.4) is 0 Å². The number of benzene rings is 1. The minimum atomic E-state index is -1.53. The highest BCUT2D eigenvalue weighted by molar-refractivity contribution is 5.90. The number of H-pyrrole nitrogens is 1. The Kier molecular flexibility index (Phi) is 3.20. The number of hydrogen-bond acceptors (Lipinski definition) is 4. The molecule has 0 aliphatic rings. The van der Waals surface area contributed by atoms with E-state index in [1.54, 1.807) is 0 Å². The highest BCUT2D eigenvalue weighted by atomic mass is 19.2. The summed E-state index contributed by atoms with van der Waals surface area (Å²) in [5.74, 6) is -3.83. The van der Waals surface area contributed by atoms with E-state index in [-0.39, 0.29) is 17.2 Å². The average Bonchev–Trinajstić information content (AvgIpc) is 2.93. The second kappa shape index (κ2) is 5.04. The summed E-state index contributed by atoms with van der Waals surface area (Å²) in [6, 6.07) is 1.99.